The first-order valence-electron chi connectivity index (χ1n) is 7.68. The fourth-order valence-electron chi connectivity index (χ4n) is 2.80. The van der Waals surface area contributed by atoms with Crippen LogP contribution in [0.3, 0.4) is 0 Å². The molecule has 0 unspecified atom stereocenters. The summed E-state index contributed by atoms with van der Waals surface area (Å²) in [5, 5.41) is -0.524. The minimum atomic E-state index is -4.70. The second kappa shape index (κ2) is 7.59. The van der Waals surface area contributed by atoms with E-state index in [0.29, 0.717) is 18.5 Å². The molecule has 0 radical (unpaired) electrons. The Bertz CT molecular complexity index is 680. The first-order chi connectivity index (χ1) is 11.1. The number of halogens is 4. The van der Waals surface area contributed by atoms with Gasteiger partial charge in [0.15, 0.2) is 0 Å². The third-order valence-corrected chi connectivity index (χ3v) is 5.80. The SMILES string of the molecule is C[C@@H]1CCCN(CCNS(=O)(=O)c2ccc(Cl)c(C(F)(F)F)c2)C1. The van der Waals surface area contributed by atoms with Gasteiger partial charge < -0.3 is 4.90 Å². The lowest BCUT2D eigenvalue weighted by Crippen LogP contribution is -2.40. The molecule has 9 heteroatoms. The molecule has 1 N–H and O–H groups in total. The number of likely N-dealkylation sites (tertiary alicyclic amines) is 1. The Balaban J connectivity index is 2.02. The standard InChI is InChI=1S/C15H20ClF3N2O2S/c1-11-3-2-7-21(10-11)8-6-20-24(22,23)12-4-5-14(16)13(9-12)15(17,18)19/h4-5,9,11,20H,2-3,6-8,10H2,1H3/t11-/m1/s1. The van der Waals surface area contributed by atoms with Crippen molar-refractivity contribution in [3.63, 3.8) is 0 Å². The van der Waals surface area contributed by atoms with Crippen LogP contribution in [0.15, 0.2) is 23.1 Å². The molecule has 0 bridgehead atoms. The van der Waals surface area contributed by atoms with Crippen molar-refractivity contribution in [3.8, 4) is 0 Å². The van der Waals surface area contributed by atoms with Crippen LogP contribution in [-0.2, 0) is 16.2 Å². The summed E-state index contributed by atoms with van der Waals surface area (Å²) in [6.07, 6.45) is -2.47. The molecule has 0 saturated carbocycles. The molecule has 0 amide bonds. The average molecular weight is 385 g/mol. The molecule has 4 nitrogen and oxygen atoms in total. The van der Waals surface area contributed by atoms with Crippen molar-refractivity contribution < 1.29 is 21.6 Å². The molecule has 2 rings (SSSR count). The Kier molecular flexibility index (Phi) is 6.17. The van der Waals surface area contributed by atoms with Gasteiger partial charge in [0.25, 0.3) is 0 Å². The lowest BCUT2D eigenvalue weighted by Gasteiger charge is -2.30. The lowest BCUT2D eigenvalue weighted by molar-refractivity contribution is -0.137. The predicted octanol–water partition coefficient (Wildman–Crippen LogP) is 3.37. The van der Waals surface area contributed by atoms with E-state index in [1.807, 2.05) is 0 Å². The smallest absolute Gasteiger partial charge is 0.302 e. The maximum Gasteiger partial charge on any atom is 0.417 e. The highest BCUT2D eigenvalue weighted by Gasteiger charge is 2.34. The number of nitrogens with one attached hydrogen (secondary N) is 1. The van der Waals surface area contributed by atoms with E-state index < -0.39 is 31.7 Å². The number of hydrogen-bond acceptors (Lipinski definition) is 3. The van der Waals surface area contributed by atoms with Crippen LogP contribution in [0, 0.1) is 5.92 Å². The van der Waals surface area contributed by atoms with Crippen LogP contribution >= 0.6 is 11.6 Å². The van der Waals surface area contributed by atoms with Crippen LogP contribution in [0.1, 0.15) is 25.3 Å². The fraction of sp³-hybridized carbons (Fsp3) is 0.600. The van der Waals surface area contributed by atoms with Crippen LogP contribution in [0.2, 0.25) is 5.02 Å². The molecular formula is C15H20ClF3N2O2S. The Morgan fingerprint density at radius 3 is 2.71 bits per heavy atom. The van der Waals surface area contributed by atoms with Crippen molar-refractivity contribution in [1.29, 1.82) is 0 Å². The quantitative estimate of drug-likeness (QED) is 0.846. The van der Waals surface area contributed by atoms with Gasteiger partial charge in [-0.3, -0.25) is 0 Å². The summed E-state index contributed by atoms with van der Waals surface area (Å²) in [5.41, 5.74) is -1.16. The number of benzene rings is 1. The van der Waals surface area contributed by atoms with Crippen molar-refractivity contribution in [2.24, 2.45) is 5.92 Å². The summed E-state index contributed by atoms with van der Waals surface area (Å²) in [7, 11) is -4.01. The second-order valence-electron chi connectivity index (χ2n) is 6.09. The van der Waals surface area contributed by atoms with Gasteiger partial charge in [-0.25, -0.2) is 13.1 Å². The van der Waals surface area contributed by atoms with E-state index in [-0.39, 0.29) is 6.54 Å². The molecule has 1 fully saturated rings. The third-order valence-electron chi connectivity index (χ3n) is 4.01. The number of hydrogen-bond donors (Lipinski definition) is 1. The van der Waals surface area contributed by atoms with Crippen LogP contribution < -0.4 is 4.72 Å². The topological polar surface area (TPSA) is 49.4 Å². The molecule has 1 saturated heterocycles. The zero-order chi connectivity index (χ0) is 18.0. The normalized spacial score (nSPS) is 20.3. The fourth-order valence-corrected chi connectivity index (χ4v) is 4.07. The minimum Gasteiger partial charge on any atom is -0.302 e. The predicted molar refractivity (Wildman–Crippen MR) is 86.5 cm³/mol. The average Bonchev–Trinajstić information content (AvgIpc) is 2.46. The molecule has 1 aromatic rings. The van der Waals surface area contributed by atoms with Gasteiger partial charge in [-0.15, -0.1) is 0 Å². The van der Waals surface area contributed by atoms with E-state index in [4.69, 9.17) is 11.6 Å². The van der Waals surface area contributed by atoms with Gasteiger partial charge in [0.2, 0.25) is 10.0 Å². The van der Waals surface area contributed by atoms with Gasteiger partial charge in [0.1, 0.15) is 0 Å². The number of sulfonamides is 1. The van der Waals surface area contributed by atoms with Crippen molar-refractivity contribution in [1.82, 2.24) is 9.62 Å². The Morgan fingerprint density at radius 2 is 2.08 bits per heavy atom. The highest BCUT2D eigenvalue weighted by molar-refractivity contribution is 7.89. The molecule has 136 valence electrons. The van der Waals surface area contributed by atoms with Crippen LogP contribution in [-0.4, -0.2) is 39.5 Å². The van der Waals surface area contributed by atoms with Crippen LogP contribution in [0.5, 0.6) is 0 Å². The van der Waals surface area contributed by atoms with Crippen molar-refractivity contribution in [3.05, 3.63) is 28.8 Å². The summed E-state index contributed by atoms with van der Waals surface area (Å²) >= 11 is 5.51. The van der Waals surface area contributed by atoms with Gasteiger partial charge in [-0.05, 0) is 43.5 Å². The first-order valence-corrected chi connectivity index (χ1v) is 9.54. The number of alkyl halides is 3. The lowest BCUT2D eigenvalue weighted by atomic mass is 10.0. The van der Waals surface area contributed by atoms with E-state index in [1.54, 1.807) is 0 Å². The van der Waals surface area contributed by atoms with E-state index in [9.17, 15) is 21.6 Å². The van der Waals surface area contributed by atoms with Crippen molar-refractivity contribution >= 4 is 21.6 Å². The molecular weight excluding hydrogens is 365 g/mol. The highest BCUT2D eigenvalue weighted by Crippen LogP contribution is 2.35. The molecule has 1 aliphatic rings. The monoisotopic (exact) mass is 384 g/mol. The van der Waals surface area contributed by atoms with Gasteiger partial charge in [-0.1, -0.05) is 18.5 Å². The van der Waals surface area contributed by atoms with E-state index in [0.717, 1.165) is 38.1 Å². The number of nitrogens with zero attached hydrogens (tertiary/aromatic N) is 1. The summed E-state index contributed by atoms with van der Waals surface area (Å²) < 4.78 is 65.3. The molecule has 0 spiro atoms. The van der Waals surface area contributed by atoms with Gasteiger partial charge in [-0.2, -0.15) is 13.2 Å². The van der Waals surface area contributed by atoms with Crippen molar-refractivity contribution in [2.75, 3.05) is 26.2 Å². The van der Waals surface area contributed by atoms with Crippen LogP contribution in [0.25, 0.3) is 0 Å². The minimum absolute atomic E-state index is 0.152. The summed E-state index contributed by atoms with van der Waals surface area (Å²) in [4.78, 5) is 1.71. The first kappa shape index (κ1) is 19.5. The maximum atomic E-state index is 12.8. The van der Waals surface area contributed by atoms with E-state index in [2.05, 4.69) is 16.5 Å². The summed E-state index contributed by atoms with van der Waals surface area (Å²) in [6, 6.07) is 2.59. The third kappa shape index (κ3) is 5.08. The zero-order valence-corrected chi connectivity index (χ0v) is 14.8. The molecule has 0 aromatic heterocycles. The molecule has 1 aromatic carbocycles. The number of rotatable bonds is 5. The Morgan fingerprint density at radius 1 is 1.38 bits per heavy atom. The molecule has 0 aliphatic carbocycles. The van der Waals surface area contributed by atoms with Gasteiger partial charge in [0.05, 0.1) is 15.5 Å². The Labute approximate surface area is 145 Å². The van der Waals surface area contributed by atoms with Crippen LogP contribution in [0.4, 0.5) is 13.2 Å². The molecule has 1 atom stereocenters. The molecule has 1 heterocycles. The van der Waals surface area contributed by atoms with Gasteiger partial charge >= 0.3 is 6.18 Å². The number of piperidine rings is 1. The summed E-state index contributed by atoms with van der Waals surface area (Å²) in [5.74, 6) is 0.570. The van der Waals surface area contributed by atoms with E-state index >= 15 is 0 Å². The summed E-state index contributed by atoms with van der Waals surface area (Å²) in [6.45, 7) is 4.64. The molecule has 1 aliphatic heterocycles. The van der Waals surface area contributed by atoms with E-state index in [1.165, 1.54) is 0 Å². The highest BCUT2D eigenvalue weighted by atomic mass is 35.5. The Hall–Kier alpha value is -0.830. The largest absolute Gasteiger partial charge is 0.417 e. The molecule has 24 heavy (non-hydrogen) atoms. The maximum absolute atomic E-state index is 12.8. The zero-order valence-electron chi connectivity index (χ0n) is 13.2. The van der Waals surface area contributed by atoms with Crippen molar-refractivity contribution in [2.45, 2.75) is 30.8 Å². The second-order valence-corrected chi connectivity index (χ2v) is 8.26. The van der Waals surface area contributed by atoms with Gasteiger partial charge in [0, 0.05) is 19.6 Å².